The van der Waals surface area contributed by atoms with Gasteiger partial charge in [-0.15, -0.1) is 0 Å². The lowest BCUT2D eigenvalue weighted by atomic mass is 9.74. The molecule has 0 amide bonds. The molecule has 1 fully saturated rings. The van der Waals surface area contributed by atoms with Crippen molar-refractivity contribution in [3.8, 4) is 0 Å². The van der Waals surface area contributed by atoms with Crippen molar-refractivity contribution in [2.24, 2.45) is 5.73 Å². The van der Waals surface area contributed by atoms with Gasteiger partial charge in [0, 0.05) is 23.8 Å². The van der Waals surface area contributed by atoms with Crippen LogP contribution in [0.5, 0.6) is 0 Å². The van der Waals surface area contributed by atoms with Crippen molar-refractivity contribution in [1.29, 1.82) is 0 Å². The third-order valence-corrected chi connectivity index (χ3v) is 3.44. The van der Waals surface area contributed by atoms with Crippen molar-refractivity contribution >= 4 is 10.8 Å². The topological polar surface area (TPSA) is 38.9 Å². The number of nitrogens with two attached hydrogens (primary N) is 1. The molecule has 1 saturated carbocycles. The van der Waals surface area contributed by atoms with Crippen LogP contribution in [-0.2, 0) is 0 Å². The molecule has 2 aromatic rings. The molecule has 2 nitrogen and oxygen atoms in total. The van der Waals surface area contributed by atoms with Gasteiger partial charge in [0.1, 0.15) is 0 Å². The third kappa shape index (κ3) is 1.33. The number of fused-ring (bicyclic) bond motifs is 1. The number of nitrogens with zero attached hydrogens (tertiary/aromatic N) is 1. The monoisotopic (exact) mass is 198 g/mol. The summed E-state index contributed by atoms with van der Waals surface area (Å²) in [5.41, 5.74) is 7.43. The summed E-state index contributed by atoms with van der Waals surface area (Å²) in [7, 11) is 0. The molecule has 0 saturated heterocycles. The van der Waals surface area contributed by atoms with Crippen LogP contribution >= 0.6 is 0 Å². The Morgan fingerprint density at radius 1 is 1.20 bits per heavy atom. The first kappa shape index (κ1) is 8.86. The van der Waals surface area contributed by atoms with E-state index < -0.39 is 0 Å². The van der Waals surface area contributed by atoms with E-state index in [4.69, 9.17) is 5.73 Å². The smallest absolute Gasteiger partial charge is 0.0346 e. The zero-order chi connectivity index (χ0) is 10.3. The van der Waals surface area contributed by atoms with Gasteiger partial charge in [-0.2, -0.15) is 0 Å². The highest BCUT2D eigenvalue weighted by Gasteiger charge is 2.29. The molecule has 0 spiro atoms. The maximum atomic E-state index is 6.03. The van der Waals surface area contributed by atoms with E-state index in [-0.39, 0.29) is 0 Å². The zero-order valence-electron chi connectivity index (χ0n) is 8.56. The lowest BCUT2D eigenvalue weighted by Crippen LogP contribution is -2.37. The molecule has 1 aromatic carbocycles. The standard InChI is InChI=1S/C13H14N2/c14-13-5-4-12(13)11-3-1-2-9-8-15-7-6-10(9)11/h1-3,6-8,12-13H,4-5,14H2. The summed E-state index contributed by atoms with van der Waals surface area (Å²) in [4.78, 5) is 4.14. The van der Waals surface area contributed by atoms with E-state index in [0.717, 1.165) is 6.42 Å². The van der Waals surface area contributed by atoms with E-state index in [1.807, 2.05) is 12.4 Å². The molecule has 0 aliphatic heterocycles. The van der Waals surface area contributed by atoms with Gasteiger partial charge in [-0.25, -0.2) is 0 Å². The van der Waals surface area contributed by atoms with E-state index in [0.29, 0.717) is 12.0 Å². The summed E-state index contributed by atoms with van der Waals surface area (Å²) in [6.45, 7) is 0. The fourth-order valence-electron chi connectivity index (χ4n) is 2.38. The summed E-state index contributed by atoms with van der Waals surface area (Å²) < 4.78 is 0. The summed E-state index contributed by atoms with van der Waals surface area (Å²) in [6.07, 6.45) is 6.16. The number of rotatable bonds is 1. The Bertz CT molecular complexity index is 487. The minimum absolute atomic E-state index is 0.351. The van der Waals surface area contributed by atoms with E-state index in [1.165, 1.54) is 22.8 Å². The first-order valence-electron chi connectivity index (χ1n) is 5.44. The molecule has 2 heteroatoms. The summed E-state index contributed by atoms with van der Waals surface area (Å²) in [5, 5.41) is 2.53. The van der Waals surface area contributed by atoms with Crippen LogP contribution in [0.4, 0.5) is 0 Å². The summed E-state index contributed by atoms with van der Waals surface area (Å²) in [5.74, 6) is 0.552. The third-order valence-electron chi connectivity index (χ3n) is 3.44. The van der Waals surface area contributed by atoms with Crippen molar-refractivity contribution in [2.75, 3.05) is 0 Å². The van der Waals surface area contributed by atoms with Crippen LogP contribution in [0.15, 0.2) is 36.7 Å². The molecule has 1 aliphatic carbocycles. The molecule has 1 aliphatic rings. The number of hydrogen-bond donors (Lipinski definition) is 1. The van der Waals surface area contributed by atoms with Gasteiger partial charge in [0.2, 0.25) is 0 Å². The van der Waals surface area contributed by atoms with Gasteiger partial charge in [0.05, 0.1) is 0 Å². The van der Waals surface area contributed by atoms with Crippen LogP contribution < -0.4 is 5.73 Å². The van der Waals surface area contributed by atoms with Crippen LogP contribution in [0.2, 0.25) is 0 Å². The second-order valence-electron chi connectivity index (χ2n) is 4.29. The predicted octanol–water partition coefficient (Wildman–Crippen LogP) is 2.44. The van der Waals surface area contributed by atoms with E-state index in [9.17, 15) is 0 Å². The Balaban J connectivity index is 2.17. The molecule has 0 radical (unpaired) electrons. The summed E-state index contributed by atoms with van der Waals surface area (Å²) >= 11 is 0. The molecule has 76 valence electrons. The van der Waals surface area contributed by atoms with Crippen molar-refractivity contribution in [1.82, 2.24) is 4.98 Å². The number of aromatic nitrogens is 1. The number of benzene rings is 1. The molecule has 2 unspecified atom stereocenters. The van der Waals surface area contributed by atoms with E-state index in [2.05, 4.69) is 29.2 Å². The highest BCUT2D eigenvalue weighted by atomic mass is 14.7. The largest absolute Gasteiger partial charge is 0.327 e. The zero-order valence-corrected chi connectivity index (χ0v) is 8.56. The van der Waals surface area contributed by atoms with Crippen LogP contribution in [-0.4, -0.2) is 11.0 Å². The van der Waals surface area contributed by atoms with Crippen LogP contribution in [0.1, 0.15) is 24.3 Å². The fourth-order valence-corrected chi connectivity index (χ4v) is 2.38. The number of hydrogen-bond acceptors (Lipinski definition) is 2. The van der Waals surface area contributed by atoms with Gasteiger partial charge in [-0.1, -0.05) is 18.2 Å². The second kappa shape index (κ2) is 3.31. The number of pyridine rings is 1. The summed E-state index contributed by atoms with van der Waals surface area (Å²) in [6, 6.07) is 8.85. The molecule has 2 atom stereocenters. The maximum Gasteiger partial charge on any atom is 0.0346 e. The van der Waals surface area contributed by atoms with Gasteiger partial charge < -0.3 is 5.73 Å². The average molecular weight is 198 g/mol. The van der Waals surface area contributed by atoms with Crippen LogP contribution in [0, 0.1) is 0 Å². The van der Waals surface area contributed by atoms with Gasteiger partial charge >= 0.3 is 0 Å². The Morgan fingerprint density at radius 2 is 2.13 bits per heavy atom. The van der Waals surface area contributed by atoms with Crippen molar-refractivity contribution in [3.05, 3.63) is 42.2 Å². The Labute approximate surface area is 89.1 Å². The lowest BCUT2D eigenvalue weighted by molar-refractivity contribution is 0.348. The molecule has 15 heavy (non-hydrogen) atoms. The quantitative estimate of drug-likeness (QED) is 0.764. The molecule has 2 N–H and O–H groups in total. The molecular weight excluding hydrogens is 184 g/mol. The van der Waals surface area contributed by atoms with Crippen molar-refractivity contribution in [3.63, 3.8) is 0 Å². The van der Waals surface area contributed by atoms with E-state index >= 15 is 0 Å². The first-order valence-corrected chi connectivity index (χ1v) is 5.44. The minimum Gasteiger partial charge on any atom is -0.327 e. The Morgan fingerprint density at radius 3 is 2.87 bits per heavy atom. The van der Waals surface area contributed by atoms with Crippen molar-refractivity contribution in [2.45, 2.75) is 24.8 Å². The highest BCUT2D eigenvalue weighted by molar-refractivity contribution is 5.85. The average Bonchev–Trinajstić information content (AvgIpc) is 2.28. The van der Waals surface area contributed by atoms with Crippen LogP contribution in [0.3, 0.4) is 0 Å². The SMILES string of the molecule is NC1CCC1c1cccc2cnccc12. The highest BCUT2D eigenvalue weighted by Crippen LogP contribution is 2.38. The Kier molecular flexibility index (Phi) is 1.96. The molecule has 0 bridgehead atoms. The van der Waals surface area contributed by atoms with Gasteiger partial charge in [-0.3, -0.25) is 4.98 Å². The van der Waals surface area contributed by atoms with Gasteiger partial charge in [0.25, 0.3) is 0 Å². The normalized spacial score (nSPS) is 25.1. The van der Waals surface area contributed by atoms with Gasteiger partial charge in [-0.05, 0) is 35.8 Å². The molecule has 1 aromatic heterocycles. The molecule has 3 rings (SSSR count). The maximum absolute atomic E-state index is 6.03. The fraction of sp³-hybridized carbons (Fsp3) is 0.308. The molecule has 1 heterocycles. The van der Waals surface area contributed by atoms with Crippen LogP contribution in [0.25, 0.3) is 10.8 Å². The van der Waals surface area contributed by atoms with Crippen molar-refractivity contribution < 1.29 is 0 Å². The predicted molar refractivity (Wildman–Crippen MR) is 61.7 cm³/mol. The first-order chi connectivity index (χ1) is 7.36. The van der Waals surface area contributed by atoms with E-state index in [1.54, 1.807) is 0 Å². The Hall–Kier alpha value is -1.41. The molecular formula is C13H14N2. The minimum atomic E-state index is 0.351. The second-order valence-corrected chi connectivity index (χ2v) is 4.29. The van der Waals surface area contributed by atoms with Gasteiger partial charge in [0.15, 0.2) is 0 Å². The lowest BCUT2D eigenvalue weighted by Gasteiger charge is -2.34.